The summed E-state index contributed by atoms with van der Waals surface area (Å²) in [5.41, 5.74) is 2.66. The molecule has 1 saturated heterocycles. The lowest BCUT2D eigenvalue weighted by Gasteiger charge is -2.27. The van der Waals surface area contributed by atoms with Crippen molar-refractivity contribution in [2.75, 3.05) is 31.6 Å². The summed E-state index contributed by atoms with van der Waals surface area (Å²) in [5.74, 6) is 0.641. The summed E-state index contributed by atoms with van der Waals surface area (Å²) in [4.78, 5) is 19.0. The Kier molecular flexibility index (Phi) is 6.51. The van der Waals surface area contributed by atoms with E-state index in [0.29, 0.717) is 18.1 Å². The normalized spacial score (nSPS) is 14.6. The van der Waals surface area contributed by atoms with E-state index in [4.69, 9.17) is 9.15 Å². The molecule has 1 N–H and O–H groups in total. The van der Waals surface area contributed by atoms with Crippen LogP contribution in [0.1, 0.15) is 17.9 Å². The van der Waals surface area contributed by atoms with Gasteiger partial charge in [-0.3, -0.25) is 9.69 Å². The Morgan fingerprint density at radius 3 is 2.67 bits per heavy atom. The minimum Gasteiger partial charge on any atom is -0.441 e. The van der Waals surface area contributed by atoms with E-state index in [0.717, 1.165) is 49.7 Å². The molecule has 0 radical (unpaired) electrons. The van der Waals surface area contributed by atoms with Crippen molar-refractivity contribution in [1.29, 1.82) is 0 Å². The van der Waals surface area contributed by atoms with Gasteiger partial charge in [0.25, 0.3) is 0 Å². The third-order valence-corrected chi connectivity index (χ3v) is 5.04. The standard InChI is InChI=1S/C23H24FN3O3/c24-19-7-5-17(6-8-19)21-15-25-23(30-21)10-9-22(28)26-20-4-2-1-3-18(20)16-27-11-13-29-14-12-27/h1-8,15H,9-14,16H2,(H,26,28). The lowest BCUT2D eigenvalue weighted by Crippen LogP contribution is -2.35. The average molecular weight is 409 g/mol. The van der Waals surface area contributed by atoms with Crippen molar-refractivity contribution in [3.05, 3.63) is 72.0 Å². The van der Waals surface area contributed by atoms with Crippen molar-refractivity contribution >= 4 is 11.6 Å². The third-order valence-electron chi connectivity index (χ3n) is 5.04. The van der Waals surface area contributed by atoms with Gasteiger partial charge in [0, 0.05) is 43.7 Å². The van der Waals surface area contributed by atoms with Crippen molar-refractivity contribution < 1.29 is 18.3 Å². The highest BCUT2D eigenvalue weighted by Crippen LogP contribution is 2.22. The van der Waals surface area contributed by atoms with Gasteiger partial charge in [-0.25, -0.2) is 9.37 Å². The zero-order chi connectivity index (χ0) is 20.8. The second kappa shape index (κ2) is 9.65. The highest BCUT2D eigenvalue weighted by Gasteiger charge is 2.14. The van der Waals surface area contributed by atoms with E-state index in [1.54, 1.807) is 18.3 Å². The highest BCUT2D eigenvalue weighted by atomic mass is 19.1. The highest BCUT2D eigenvalue weighted by molar-refractivity contribution is 5.91. The first kappa shape index (κ1) is 20.3. The first-order valence-electron chi connectivity index (χ1n) is 10.1. The number of anilines is 1. The van der Waals surface area contributed by atoms with Crippen LogP contribution in [-0.2, 0) is 22.5 Å². The van der Waals surface area contributed by atoms with Gasteiger partial charge in [0.05, 0.1) is 19.4 Å². The molecule has 2 heterocycles. The molecule has 156 valence electrons. The molecule has 0 spiro atoms. The zero-order valence-electron chi connectivity index (χ0n) is 16.6. The van der Waals surface area contributed by atoms with Gasteiger partial charge < -0.3 is 14.5 Å². The molecule has 30 heavy (non-hydrogen) atoms. The minimum absolute atomic E-state index is 0.0917. The molecule has 1 amide bonds. The van der Waals surface area contributed by atoms with Crippen LogP contribution in [0.25, 0.3) is 11.3 Å². The van der Waals surface area contributed by atoms with Gasteiger partial charge in [0.2, 0.25) is 5.91 Å². The molecule has 1 fully saturated rings. The van der Waals surface area contributed by atoms with Crippen LogP contribution >= 0.6 is 0 Å². The number of amides is 1. The van der Waals surface area contributed by atoms with E-state index in [2.05, 4.69) is 15.2 Å². The number of oxazole rings is 1. The quantitative estimate of drug-likeness (QED) is 0.641. The predicted octanol–water partition coefficient (Wildman–Crippen LogP) is 3.88. The lowest BCUT2D eigenvalue weighted by molar-refractivity contribution is -0.116. The lowest BCUT2D eigenvalue weighted by atomic mass is 10.1. The number of para-hydroxylation sites is 1. The second-order valence-corrected chi connectivity index (χ2v) is 7.22. The monoisotopic (exact) mass is 409 g/mol. The summed E-state index contributed by atoms with van der Waals surface area (Å²) in [6.45, 7) is 4.04. The molecule has 0 unspecified atom stereocenters. The summed E-state index contributed by atoms with van der Waals surface area (Å²) in [7, 11) is 0. The fourth-order valence-electron chi connectivity index (χ4n) is 3.39. The van der Waals surface area contributed by atoms with E-state index in [-0.39, 0.29) is 18.1 Å². The fraction of sp³-hybridized carbons (Fsp3) is 0.304. The van der Waals surface area contributed by atoms with Crippen LogP contribution in [0, 0.1) is 5.82 Å². The molecule has 6 nitrogen and oxygen atoms in total. The van der Waals surface area contributed by atoms with E-state index < -0.39 is 0 Å². The van der Waals surface area contributed by atoms with Gasteiger partial charge in [-0.15, -0.1) is 0 Å². The minimum atomic E-state index is -0.302. The molecule has 0 bridgehead atoms. The van der Waals surface area contributed by atoms with Crippen LogP contribution in [0.5, 0.6) is 0 Å². The molecule has 3 aromatic rings. The number of nitrogens with zero attached hydrogens (tertiary/aromatic N) is 2. The number of rotatable bonds is 7. The number of hydrogen-bond acceptors (Lipinski definition) is 5. The Bertz CT molecular complexity index is 981. The van der Waals surface area contributed by atoms with Gasteiger partial charge in [-0.2, -0.15) is 0 Å². The second-order valence-electron chi connectivity index (χ2n) is 7.22. The van der Waals surface area contributed by atoms with Crippen LogP contribution in [-0.4, -0.2) is 42.1 Å². The predicted molar refractivity (Wildman–Crippen MR) is 111 cm³/mol. The Labute approximate surface area is 174 Å². The summed E-state index contributed by atoms with van der Waals surface area (Å²) < 4.78 is 24.2. The SMILES string of the molecule is O=C(CCc1ncc(-c2ccc(F)cc2)o1)Nc1ccccc1CN1CCOCC1. The summed E-state index contributed by atoms with van der Waals surface area (Å²) in [6, 6.07) is 13.9. The maximum atomic E-state index is 13.1. The molecule has 1 aliphatic heterocycles. The molecule has 1 aliphatic rings. The molecular weight excluding hydrogens is 385 g/mol. The zero-order valence-corrected chi connectivity index (χ0v) is 16.6. The third kappa shape index (κ3) is 5.31. The number of nitrogens with one attached hydrogen (secondary N) is 1. The van der Waals surface area contributed by atoms with Crippen molar-refractivity contribution in [3.63, 3.8) is 0 Å². The van der Waals surface area contributed by atoms with Crippen LogP contribution in [0.4, 0.5) is 10.1 Å². The topological polar surface area (TPSA) is 67.6 Å². The number of halogens is 1. The van der Waals surface area contributed by atoms with Gasteiger partial charge in [-0.05, 0) is 35.9 Å². The van der Waals surface area contributed by atoms with Crippen molar-refractivity contribution in [3.8, 4) is 11.3 Å². The smallest absolute Gasteiger partial charge is 0.224 e. The summed E-state index contributed by atoms with van der Waals surface area (Å²) in [6.07, 6.45) is 2.24. The molecule has 7 heteroatoms. The average Bonchev–Trinajstić information content (AvgIpc) is 3.24. The van der Waals surface area contributed by atoms with E-state index in [1.165, 1.54) is 12.1 Å². The largest absolute Gasteiger partial charge is 0.441 e. The van der Waals surface area contributed by atoms with Crippen LogP contribution in [0.2, 0.25) is 0 Å². The number of ether oxygens (including phenoxy) is 1. The van der Waals surface area contributed by atoms with Gasteiger partial charge in [-0.1, -0.05) is 18.2 Å². The first-order chi connectivity index (χ1) is 14.7. The number of carbonyl (C=O) groups excluding carboxylic acids is 1. The van der Waals surface area contributed by atoms with Crippen LogP contribution in [0.15, 0.2) is 59.1 Å². The molecule has 0 aliphatic carbocycles. The molecule has 0 atom stereocenters. The Balaban J connectivity index is 1.33. The Morgan fingerprint density at radius 2 is 1.87 bits per heavy atom. The van der Waals surface area contributed by atoms with Crippen molar-refractivity contribution in [1.82, 2.24) is 9.88 Å². The van der Waals surface area contributed by atoms with Gasteiger partial charge >= 0.3 is 0 Å². The van der Waals surface area contributed by atoms with Gasteiger partial charge in [0.15, 0.2) is 11.7 Å². The van der Waals surface area contributed by atoms with E-state index >= 15 is 0 Å². The molecular formula is C23H24FN3O3. The number of aromatic nitrogens is 1. The molecule has 2 aromatic carbocycles. The number of morpholine rings is 1. The van der Waals surface area contributed by atoms with Crippen LogP contribution < -0.4 is 5.32 Å². The van der Waals surface area contributed by atoms with Crippen molar-refractivity contribution in [2.24, 2.45) is 0 Å². The number of carbonyl (C=O) groups is 1. The maximum absolute atomic E-state index is 13.1. The molecule has 1 aromatic heterocycles. The van der Waals surface area contributed by atoms with E-state index in [1.807, 2.05) is 24.3 Å². The first-order valence-corrected chi connectivity index (χ1v) is 10.1. The van der Waals surface area contributed by atoms with E-state index in [9.17, 15) is 9.18 Å². The molecule has 0 saturated carbocycles. The van der Waals surface area contributed by atoms with Crippen molar-refractivity contribution in [2.45, 2.75) is 19.4 Å². The van der Waals surface area contributed by atoms with Gasteiger partial charge in [0.1, 0.15) is 5.82 Å². The van der Waals surface area contributed by atoms with Crippen LogP contribution in [0.3, 0.4) is 0 Å². The number of hydrogen-bond donors (Lipinski definition) is 1. The number of aryl methyl sites for hydroxylation is 1. The number of benzene rings is 2. The summed E-state index contributed by atoms with van der Waals surface area (Å²) >= 11 is 0. The maximum Gasteiger partial charge on any atom is 0.224 e. The molecule has 4 rings (SSSR count). The Hall–Kier alpha value is -3.03. The summed E-state index contributed by atoms with van der Waals surface area (Å²) in [5, 5.41) is 3.01. The fourth-order valence-corrected chi connectivity index (χ4v) is 3.39. The Morgan fingerprint density at radius 1 is 1.10 bits per heavy atom.